The zero-order valence-electron chi connectivity index (χ0n) is 8.93. The molecule has 0 bridgehead atoms. The summed E-state index contributed by atoms with van der Waals surface area (Å²) in [6.45, 7) is 1.21. The molecule has 84 valence electrons. The number of likely N-dealkylation sites (tertiary alicyclic amines) is 1. The predicted octanol–water partition coefficient (Wildman–Crippen LogP) is 1.32. The van der Waals surface area contributed by atoms with E-state index >= 15 is 0 Å². The summed E-state index contributed by atoms with van der Waals surface area (Å²) in [4.78, 5) is 16.0. The number of nitrogens with zero attached hydrogens (tertiary/aromatic N) is 4. The van der Waals surface area contributed by atoms with Gasteiger partial charge < -0.3 is 9.64 Å². The molecule has 1 amide bonds. The Kier molecular flexibility index (Phi) is 4.93. The quantitative estimate of drug-likeness (QED) is 0.400. The molecule has 1 unspecified atom stereocenters. The number of azide groups is 1. The van der Waals surface area contributed by atoms with Crippen molar-refractivity contribution in [3.63, 3.8) is 0 Å². The first-order chi connectivity index (χ1) is 7.29. The van der Waals surface area contributed by atoms with Gasteiger partial charge in [-0.25, -0.2) is 0 Å². The summed E-state index contributed by atoms with van der Waals surface area (Å²) in [7, 11) is 1.63. The summed E-state index contributed by atoms with van der Waals surface area (Å²) < 4.78 is 5.07. The number of carbonyl (C=O) groups is 1. The summed E-state index contributed by atoms with van der Waals surface area (Å²) in [5.41, 5.74) is 8.15. The van der Waals surface area contributed by atoms with Gasteiger partial charge in [0.2, 0.25) is 5.91 Å². The minimum absolute atomic E-state index is 0.0866. The van der Waals surface area contributed by atoms with Gasteiger partial charge in [0.15, 0.2) is 0 Å². The second kappa shape index (κ2) is 6.27. The van der Waals surface area contributed by atoms with Crippen LogP contribution in [0.15, 0.2) is 5.11 Å². The van der Waals surface area contributed by atoms with E-state index in [-0.39, 0.29) is 18.5 Å². The molecule has 1 rings (SSSR count). The minimum Gasteiger partial charge on any atom is -0.383 e. The van der Waals surface area contributed by atoms with Crippen molar-refractivity contribution in [1.82, 2.24) is 4.90 Å². The third-order valence-electron chi connectivity index (χ3n) is 2.58. The van der Waals surface area contributed by atoms with E-state index in [4.69, 9.17) is 10.3 Å². The highest BCUT2D eigenvalue weighted by Gasteiger charge is 2.25. The first-order valence-electron chi connectivity index (χ1n) is 5.09. The molecule has 15 heavy (non-hydrogen) atoms. The van der Waals surface area contributed by atoms with Crippen molar-refractivity contribution in [2.45, 2.75) is 25.3 Å². The van der Waals surface area contributed by atoms with Crippen LogP contribution in [0, 0.1) is 0 Å². The molecule has 0 aliphatic carbocycles. The Morgan fingerprint density at radius 3 is 3.13 bits per heavy atom. The number of hydrogen-bond donors (Lipinski definition) is 0. The molecule has 0 N–H and O–H groups in total. The molecule has 0 radical (unpaired) electrons. The van der Waals surface area contributed by atoms with Crippen LogP contribution < -0.4 is 0 Å². The largest absolute Gasteiger partial charge is 0.383 e. The van der Waals surface area contributed by atoms with Crippen molar-refractivity contribution in [3.05, 3.63) is 10.4 Å². The topological polar surface area (TPSA) is 78.3 Å². The molecule has 1 aliphatic heterocycles. The highest BCUT2D eigenvalue weighted by molar-refractivity contribution is 5.78. The SMILES string of the molecule is COCC1CCCCN1C(=O)CN=[N+]=[N-]. The molecule has 0 saturated carbocycles. The van der Waals surface area contributed by atoms with Gasteiger partial charge in [-0.1, -0.05) is 5.11 Å². The van der Waals surface area contributed by atoms with Crippen LogP contribution in [0.3, 0.4) is 0 Å². The van der Waals surface area contributed by atoms with Crippen LogP contribution in [0.25, 0.3) is 10.4 Å². The molecular formula is C9H16N4O2. The van der Waals surface area contributed by atoms with Gasteiger partial charge in [-0.05, 0) is 24.8 Å². The predicted molar refractivity (Wildman–Crippen MR) is 55.2 cm³/mol. The van der Waals surface area contributed by atoms with Crippen LogP contribution in [0.4, 0.5) is 0 Å². The zero-order valence-corrected chi connectivity index (χ0v) is 8.93. The molecular weight excluding hydrogens is 196 g/mol. The van der Waals surface area contributed by atoms with Crippen molar-refractivity contribution in [2.75, 3.05) is 26.8 Å². The Morgan fingerprint density at radius 1 is 1.67 bits per heavy atom. The fourth-order valence-electron chi connectivity index (χ4n) is 1.88. The molecule has 1 fully saturated rings. The number of hydrogen-bond acceptors (Lipinski definition) is 3. The van der Waals surface area contributed by atoms with Crippen molar-refractivity contribution in [1.29, 1.82) is 0 Å². The average molecular weight is 212 g/mol. The van der Waals surface area contributed by atoms with E-state index in [0.29, 0.717) is 6.61 Å². The Bertz CT molecular complexity index is 261. The van der Waals surface area contributed by atoms with Crippen LogP contribution in [0.5, 0.6) is 0 Å². The van der Waals surface area contributed by atoms with Crippen LogP contribution in [0.2, 0.25) is 0 Å². The fraction of sp³-hybridized carbons (Fsp3) is 0.889. The van der Waals surface area contributed by atoms with E-state index in [1.54, 1.807) is 12.0 Å². The smallest absolute Gasteiger partial charge is 0.228 e. The Labute approximate surface area is 88.8 Å². The van der Waals surface area contributed by atoms with Crippen molar-refractivity contribution in [2.24, 2.45) is 5.11 Å². The second-order valence-corrected chi connectivity index (χ2v) is 3.58. The lowest BCUT2D eigenvalue weighted by Crippen LogP contribution is -2.46. The van der Waals surface area contributed by atoms with Crippen LogP contribution >= 0.6 is 0 Å². The summed E-state index contributed by atoms with van der Waals surface area (Å²) >= 11 is 0. The molecule has 1 saturated heterocycles. The van der Waals surface area contributed by atoms with Gasteiger partial charge in [0.05, 0.1) is 12.6 Å². The van der Waals surface area contributed by atoms with Crippen molar-refractivity contribution < 1.29 is 9.53 Å². The standard InChI is InChI=1S/C9H16N4O2/c1-15-7-8-4-2-3-5-13(8)9(14)6-11-12-10/h8H,2-7H2,1H3. The Morgan fingerprint density at radius 2 is 2.47 bits per heavy atom. The molecule has 0 aromatic carbocycles. The first kappa shape index (κ1) is 11.8. The maximum atomic E-state index is 11.6. The molecule has 6 heteroatoms. The Hall–Kier alpha value is -1.26. The number of ether oxygens (including phenoxy) is 1. The second-order valence-electron chi connectivity index (χ2n) is 3.58. The van der Waals surface area contributed by atoms with Crippen LogP contribution in [-0.2, 0) is 9.53 Å². The molecule has 1 atom stereocenters. The molecule has 1 aliphatic rings. The van der Waals surface area contributed by atoms with Gasteiger partial charge in [-0.3, -0.25) is 4.79 Å². The van der Waals surface area contributed by atoms with Gasteiger partial charge in [0.25, 0.3) is 0 Å². The number of rotatable bonds is 4. The van der Waals surface area contributed by atoms with Crippen molar-refractivity contribution in [3.8, 4) is 0 Å². The maximum absolute atomic E-state index is 11.6. The van der Waals surface area contributed by atoms with Gasteiger partial charge in [-0.15, -0.1) is 0 Å². The molecule has 1 heterocycles. The number of methoxy groups -OCH3 is 1. The van der Waals surface area contributed by atoms with Gasteiger partial charge in [-0.2, -0.15) is 0 Å². The summed E-state index contributed by atoms with van der Waals surface area (Å²) in [6, 6.07) is 0.144. The summed E-state index contributed by atoms with van der Waals surface area (Å²) in [5.74, 6) is -0.102. The highest BCUT2D eigenvalue weighted by Crippen LogP contribution is 2.17. The Balaban J connectivity index is 2.54. The van der Waals surface area contributed by atoms with Crippen LogP contribution in [0.1, 0.15) is 19.3 Å². The highest BCUT2D eigenvalue weighted by atomic mass is 16.5. The average Bonchev–Trinajstić information content (AvgIpc) is 2.27. The van der Waals surface area contributed by atoms with Gasteiger partial charge >= 0.3 is 0 Å². The van der Waals surface area contributed by atoms with Gasteiger partial charge in [0.1, 0.15) is 6.54 Å². The normalized spacial score (nSPS) is 20.9. The van der Waals surface area contributed by atoms with E-state index in [1.165, 1.54) is 0 Å². The van der Waals surface area contributed by atoms with Crippen molar-refractivity contribution >= 4 is 5.91 Å². The molecule has 0 aromatic rings. The van der Waals surface area contributed by atoms with E-state index in [9.17, 15) is 4.79 Å². The van der Waals surface area contributed by atoms with E-state index < -0.39 is 0 Å². The molecule has 0 spiro atoms. The van der Waals surface area contributed by atoms with Crippen LogP contribution in [-0.4, -0.2) is 43.7 Å². The number of carbonyl (C=O) groups excluding carboxylic acids is 1. The zero-order chi connectivity index (χ0) is 11.1. The summed E-state index contributed by atoms with van der Waals surface area (Å²) in [5, 5.41) is 3.29. The third-order valence-corrected chi connectivity index (χ3v) is 2.58. The minimum atomic E-state index is -0.102. The third kappa shape index (κ3) is 3.42. The van der Waals surface area contributed by atoms with E-state index in [1.807, 2.05) is 0 Å². The fourth-order valence-corrected chi connectivity index (χ4v) is 1.88. The van der Waals surface area contributed by atoms with Gasteiger partial charge in [0, 0.05) is 18.6 Å². The number of amides is 1. The summed E-state index contributed by atoms with van der Waals surface area (Å²) in [6.07, 6.45) is 3.11. The number of piperidine rings is 1. The lowest BCUT2D eigenvalue weighted by atomic mass is 10.0. The maximum Gasteiger partial charge on any atom is 0.228 e. The first-order valence-corrected chi connectivity index (χ1v) is 5.09. The monoisotopic (exact) mass is 212 g/mol. The molecule has 0 aromatic heterocycles. The lowest BCUT2D eigenvalue weighted by molar-refractivity contribution is -0.134. The molecule has 6 nitrogen and oxygen atoms in total. The van der Waals surface area contributed by atoms with E-state index in [0.717, 1.165) is 25.8 Å². The van der Waals surface area contributed by atoms with E-state index in [2.05, 4.69) is 10.0 Å². The lowest BCUT2D eigenvalue weighted by Gasteiger charge is -2.35.